The largest absolute Gasteiger partial charge is 0.394 e. The van der Waals surface area contributed by atoms with E-state index in [9.17, 15) is 5.11 Å². The van der Waals surface area contributed by atoms with Gasteiger partial charge in [0.15, 0.2) is 0 Å². The van der Waals surface area contributed by atoms with Crippen molar-refractivity contribution in [2.24, 2.45) is 0 Å². The van der Waals surface area contributed by atoms with Crippen molar-refractivity contribution in [3.05, 3.63) is 35.4 Å². The zero-order chi connectivity index (χ0) is 15.1. The number of benzene rings is 1. The lowest BCUT2D eigenvalue weighted by Crippen LogP contribution is -2.52. The monoisotopic (exact) mass is 307 g/mol. The van der Waals surface area contributed by atoms with E-state index in [2.05, 4.69) is 55.2 Å². The van der Waals surface area contributed by atoms with E-state index in [1.54, 1.807) is 0 Å². The second-order valence-corrected chi connectivity index (χ2v) is 7.61. The number of hydrogen-bond acceptors (Lipinski definition) is 3. The first kappa shape index (κ1) is 16.9. The molecule has 0 saturated heterocycles. The average molecular weight is 308 g/mol. The topological polar surface area (TPSA) is 32.3 Å². The Kier molecular flexibility index (Phi) is 6.59. The Morgan fingerprint density at radius 3 is 2.90 bits per heavy atom. The van der Waals surface area contributed by atoms with E-state index >= 15 is 0 Å². The first-order valence-electron chi connectivity index (χ1n) is 8.21. The van der Waals surface area contributed by atoms with Crippen LogP contribution < -0.4 is 5.32 Å². The number of nitrogens with one attached hydrogen (secondary N) is 1. The van der Waals surface area contributed by atoms with Gasteiger partial charge in [-0.05, 0) is 50.3 Å². The van der Waals surface area contributed by atoms with E-state index < -0.39 is 0 Å². The Bertz CT molecular complexity index is 437. The predicted molar refractivity (Wildman–Crippen MR) is 92.8 cm³/mol. The van der Waals surface area contributed by atoms with E-state index in [1.165, 1.54) is 24.0 Å². The minimum absolute atomic E-state index is 0.0301. The van der Waals surface area contributed by atoms with Crippen LogP contribution in [0.2, 0.25) is 0 Å². The Morgan fingerprint density at radius 2 is 2.19 bits per heavy atom. The average Bonchev–Trinajstić information content (AvgIpc) is 2.52. The van der Waals surface area contributed by atoms with Crippen LogP contribution in [0.4, 0.5) is 0 Å². The standard InChI is InChI=1S/C18H29NOS/c1-3-11-19-18(14-20)10-6-9-17(12-18)21-13-16-8-5-4-7-15(16)2/h4-5,7-8,17,19-20H,3,6,9-14H2,1-2H3. The molecule has 0 aliphatic heterocycles. The minimum Gasteiger partial charge on any atom is -0.394 e. The molecule has 2 rings (SSSR count). The highest BCUT2D eigenvalue weighted by Gasteiger charge is 2.35. The Hall–Kier alpha value is -0.510. The number of rotatable bonds is 7. The molecule has 2 nitrogen and oxygen atoms in total. The van der Waals surface area contributed by atoms with Gasteiger partial charge < -0.3 is 10.4 Å². The van der Waals surface area contributed by atoms with Gasteiger partial charge in [0.2, 0.25) is 0 Å². The van der Waals surface area contributed by atoms with Crippen molar-refractivity contribution in [3.63, 3.8) is 0 Å². The Balaban J connectivity index is 1.90. The van der Waals surface area contributed by atoms with Crippen molar-refractivity contribution in [2.45, 2.75) is 62.5 Å². The van der Waals surface area contributed by atoms with Crippen LogP contribution in [0.15, 0.2) is 24.3 Å². The molecule has 0 amide bonds. The number of aliphatic hydroxyl groups excluding tert-OH is 1. The summed E-state index contributed by atoms with van der Waals surface area (Å²) >= 11 is 2.06. The summed E-state index contributed by atoms with van der Waals surface area (Å²) in [6, 6.07) is 8.66. The van der Waals surface area contributed by atoms with Crippen molar-refractivity contribution < 1.29 is 5.11 Å². The summed E-state index contributed by atoms with van der Waals surface area (Å²) in [5.41, 5.74) is 2.81. The highest BCUT2D eigenvalue weighted by atomic mass is 32.2. The van der Waals surface area contributed by atoms with Crippen molar-refractivity contribution >= 4 is 11.8 Å². The van der Waals surface area contributed by atoms with Crippen LogP contribution in [0.1, 0.15) is 50.2 Å². The first-order valence-corrected chi connectivity index (χ1v) is 9.26. The fourth-order valence-electron chi connectivity index (χ4n) is 3.18. The lowest BCUT2D eigenvalue weighted by atomic mass is 9.82. The summed E-state index contributed by atoms with van der Waals surface area (Å²) < 4.78 is 0. The highest BCUT2D eigenvalue weighted by molar-refractivity contribution is 7.99. The van der Waals surface area contributed by atoms with Crippen LogP contribution in [0.3, 0.4) is 0 Å². The van der Waals surface area contributed by atoms with Gasteiger partial charge in [-0.3, -0.25) is 0 Å². The minimum atomic E-state index is -0.0301. The maximum absolute atomic E-state index is 9.84. The lowest BCUT2D eigenvalue weighted by molar-refractivity contribution is 0.124. The summed E-state index contributed by atoms with van der Waals surface area (Å²) in [4.78, 5) is 0. The summed E-state index contributed by atoms with van der Waals surface area (Å²) in [6.07, 6.45) is 5.85. The molecule has 1 aromatic carbocycles. The zero-order valence-corrected chi connectivity index (χ0v) is 14.2. The second kappa shape index (κ2) is 8.21. The van der Waals surface area contributed by atoms with Crippen molar-refractivity contribution in [2.75, 3.05) is 13.2 Å². The molecule has 118 valence electrons. The van der Waals surface area contributed by atoms with Crippen LogP contribution in [-0.2, 0) is 5.75 Å². The van der Waals surface area contributed by atoms with Gasteiger partial charge in [0, 0.05) is 16.5 Å². The first-order chi connectivity index (χ1) is 10.2. The summed E-state index contributed by atoms with van der Waals surface area (Å²) in [6.45, 7) is 5.66. The fourth-order valence-corrected chi connectivity index (χ4v) is 4.69. The maximum Gasteiger partial charge on any atom is 0.0613 e. The van der Waals surface area contributed by atoms with Gasteiger partial charge in [0.25, 0.3) is 0 Å². The SMILES string of the molecule is CCCNC1(CO)CCCC(SCc2ccccc2C)C1. The maximum atomic E-state index is 9.84. The summed E-state index contributed by atoms with van der Waals surface area (Å²) in [7, 11) is 0. The van der Waals surface area contributed by atoms with Gasteiger partial charge in [-0.25, -0.2) is 0 Å². The zero-order valence-electron chi connectivity index (χ0n) is 13.4. The van der Waals surface area contributed by atoms with Gasteiger partial charge in [-0.2, -0.15) is 11.8 Å². The van der Waals surface area contributed by atoms with E-state index in [4.69, 9.17) is 0 Å². The van der Waals surface area contributed by atoms with E-state index in [0.717, 1.165) is 31.6 Å². The van der Waals surface area contributed by atoms with Gasteiger partial charge in [0.05, 0.1) is 6.61 Å². The third-order valence-electron chi connectivity index (χ3n) is 4.59. The normalized spacial score (nSPS) is 26.0. The molecule has 0 radical (unpaired) electrons. The molecular weight excluding hydrogens is 278 g/mol. The van der Waals surface area contributed by atoms with Crippen LogP contribution in [0.5, 0.6) is 0 Å². The van der Waals surface area contributed by atoms with Crippen LogP contribution >= 0.6 is 11.8 Å². The predicted octanol–water partition coefficient (Wildman–Crippen LogP) is 3.90. The molecule has 0 heterocycles. The van der Waals surface area contributed by atoms with Crippen LogP contribution in [-0.4, -0.2) is 29.0 Å². The third-order valence-corrected chi connectivity index (χ3v) is 5.94. The second-order valence-electron chi connectivity index (χ2n) is 6.32. The molecule has 1 aliphatic rings. The number of thioether (sulfide) groups is 1. The van der Waals surface area contributed by atoms with Gasteiger partial charge in [-0.1, -0.05) is 37.6 Å². The van der Waals surface area contributed by atoms with E-state index in [-0.39, 0.29) is 12.1 Å². The van der Waals surface area contributed by atoms with Crippen LogP contribution in [0, 0.1) is 6.92 Å². The van der Waals surface area contributed by atoms with Crippen LogP contribution in [0.25, 0.3) is 0 Å². The molecule has 2 unspecified atom stereocenters. The van der Waals surface area contributed by atoms with Crippen molar-refractivity contribution in [1.82, 2.24) is 5.32 Å². The molecule has 0 bridgehead atoms. The van der Waals surface area contributed by atoms with Gasteiger partial charge >= 0.3 is 0 Å². The number of hydrogen-bond donors (Lipinski definition) is 2. The quantitative estimate of drug-likeness (QED) is 0.801. The highest BCUT2D eigenvalue weighted by Crippen LogP contribution is 2.36. The molecule has 1 aliphatic carbocycles. The molecule has 0 aromatic heterocycles. The number of aryl methyl sites for hydroxylation is 1. The smallest absolute Gasteiger partial charge is 0.0613 e. The molecule has 3 heteroatoms. The Labute approximate surface area is 133 Å². The Morgan fingerprint density at radius 1 is 1.38 bits per heavy atom. The summed E-state index contributed by atoms with van der Waals surface area (Å²) in [5, 5.41) is 14.1. The molecule has 2 atom stereocenters. The molecule has 2 N–H and O–H groups in total. The van der Waals surface area contributed by atoms with Crippen molar-refractivity contribution in [3.8, 4) is 0 Å². The molecule has 0 spiro atoms. The van der Waals surface area contributed by atoms with Gasteiger partial charge in [-0.15, -0.1) is 0 Å². The van der Waals surface area contributed by atoms with Crippen molar-refractivity contribution in [1.29, 1.82) is 0 Å². The van der Waals surface area contributed by atoms with E-state index in [0.29, 0.717) is 5.25 Å². The summed E-state index contributed by atoms with van der Waals surface area (Å²) in [5.74, 6) is 1.09. The molecule has 1 saturated carbocycles. The molecule has 1 aromatic rings. The molecule has 21 heavy (non-hydrogen) atoms. The van der Waals surface area contributed by atoms with E-state index in [1.807, 2.05) is 0 Å². The fraction of sp³-hybridized carbons (Fsp3) is 0.667. The third kappa shape index (κ3) is 4.73. The molecule has 1 fully saturated rings. The lowest BCUT2D eigenvalue weighted by Gasteiger charge is -2.40. The van der Waals surface area contributed by atoms with Gasteiger partial charge in [0.1, 0.15) is 0 Å². The molecular formula is C18H29NOS. The number of aliphatic hydroxyl groups is 1.